The Kier molecular flexibility index (Phi) is 7.24. The molecular weight excluding hydrogens is 506 g/mol. The molecule has 2 atom stereocenters. The Morgan fingerprint density at radius 3 is 2.67 bits per heavy atom. The van der Waals surface area contributed by atoms with Gasteiger partial charge < -0.3 is 19.7 Å². The number of hydrogen-bond donors (Lipinski definition) is 2. The van der Waals surface area contributed by atoms with Crippen molar-refractivity contribution < 1.29 is 28.2 Å². The summed E-state index contributed by atoms with van der Waals surface area (Å²) in [4.78, 5) is 36.5. The summed E-state index contributed by atoms with van der Waals surface area (Å²) < 4.78 is 30.6. The average molecular weight is 541 g/mol. The first-order valence-electron chi connectivity index (χ1n) is 13.4. The highest BCUT2D eigenvalue weighted by Gasteiger charge is 2.60. The van der Waals surface area contributed by atoms with Crippen molar-refractivity contribution in [3.63, 3.8) is 0 Å². The number of ether oxygens (including phenoxy) is 1. The van der Waals surface area contributed by atoms with E-state index in [1.165, 1.54) is 11.0 Å². The number of aromatic nitrogens is 1. The topological polar surface area (TPSA) is 89.1 Å². The van der Waals surface area contributed by atoms with Gasteiger partial charge in [-0.25, -0.2) is 4.79 Å². The number of hydrogen-bond acceptors (Lipinski definition) is 5. The zero-order valence-electron chi connectivity index (χ0n) is 22.4. The number of halogens is 2. The fourth-order valence-corrected chi connectivity index (χ4v) is 5.96. The number of unbranched alkanes of at least 4 members (excludes halogenated alkanes) is 1. The lowest BCUT2D eigenvalue weighted by molar-refractivity contribution is -0.133. The molecule has 0 saturated carbocycles. The highest BCUT2D eigenvalue weighted by atomic mass is 19.3. The van der Waals surface area contributed by atoms with Crippen molar-refractivity contribution in [2.75, 3.05) is 26.2 Å². The summed E-state index contributed by atoms with van der Waals surface area (Å²) in [6, 6.07) is 10.2. The van der Waals surface area contributed by atoms with Crippen LogP contribution in [0, 0.1) is 0 Å². The lowest BCUT2D eigenvalue weighted by Crippen LogP contribution is -2.53. The minimum absolute atomic E-state index is 0.0166. The molecule has 2 N–H and O–H groups in total. The van der Waals surface area contributed by atoms with Crippen molar-refractivity contribution in [3.05, 3.63) is 59.3 Å². The number of imide groups is 1. The van der Waals surface area contributed by atoms with Gasteiger partial charge in [-0.05, 0) is 67.9 Å². The average Bonchev–Trinajstić information content (AvgIpc) is 3.34. The molecule has 3 heterocycles. The molecular formula is C29H34F2N4O4. The molecule has 3 amide bonds. The lowest BCUT2D eigenvalue weighted by atomic mass is 9.81. The van der Waals surface area contributed by atoms with E-state index in [2.05, 4.69) is 28.5 Å². The maximum absolute atomic E-state index is 14.0. The maximum Gasteiger partial charge on any atom is 0.387 e. The molecule has 2 aliphatic heterocycles. The zero-order valence-corrected chi connectivity index (χ0v) is 22.4. The minimum atomic E-state index is -2.96. The van der Waals surface area contributed by atoms with Crippen LogP contribution in [0.1, 0.15) is 56.5 Å². The lowest BCUT2D eigenvalue weighted by Gasteiger charge is -2.42. The summed E-state index contributed by atoms with van der Waals surface area (Å²) in [5.74, 6) is -0.235. The van der Waals surface area contributed by atoms with Crippen molar-refractivity contribution in [1.82, 2.24) is 19.7 Å². The van der Waals surface area contributed by atoms with Crippen LogP contribution in [-0.2, 0) is 11.2 Å². The molecule has 208 valence electrons. The molecule has 0 aliphatic carbocycles. The molecule has 8 nitrogen and oxygen atoms in total. The predicted molar refractivity (Wildman–Crippen MR) is 143 cm³/mol. The molecule has 2 aromatic carbocycles. The highest BCUT2D eigenvalue weighted by Crippen LogP contribution is 2.49. The molecule has 1 aromatic heterocycles. The maximum atomic E-state index is 14.0. The molecule has 39 heavy (non-hydrogen) atoms. The first kappa shape index (κ1) is 26.9. The van der Waals surface area contributed by atoms with Crippen LogP contribution in [0.3, 0.4) is 0 Å². The molecule has 2 aliphatic rings. The Hall–Kier alpha value is -3.66. The summed E-state index contributed by atoms with van der Waals surface area (Å²) in [5, 5.41) is 10.9. The van der Waals surface area contributed by atoms with Crippen LogP contribution >= 0.6 is 0 Å². The van der Waals surface area contributed by atoms with Gasteiger partial charge in [-0.2, -0.15) is 8.78 Å². The first-order chi connectivity index (χ1) is 18.7. The Morgan fingerprint density at radius 1 is 1.18 bits per heavy atom. The molecule has 0 spiro atoms. The molecule has 10 heteroatoms. The third-order valence-corrected chi connectivity index (χ3v) is 7.96. The number of phenols is 1. The largest absolute Gasteiger partial charge is 0.508 e. The third-order valence-electron chi connectivity index (χ3n) is 7.96. The van der Waals surface area contributed by atoms with E-state index >= 15 is 0 Å². The van der Waals surface area contributed by atoms with Crippen molar-refractivity contribution in [1.29, 1.82) is 0 Å². The zero-order chi connectivity index (χ0) is 27.9. The van der Waals surface area contributed by atoms with Crippen molar-refractivity contribution in [2.24, 2.45) is 0 Å². The van der Waals surface area contributed by atoms with Gasteiger partial charge in [-0.15, -0.1) is 0 Å². The predicted octanol–water partition coefficient (Wildman–Crippen LogP) is 5.27. The van der Waals surface area contributed by atoms with E-state index in [4.69, 9.17) is 0 Å². The Labute approximate surface area is 226 Å². The Bertz CT molecular complexity index is 1390. The standard InChI is InChI=1S/C29H34F2N4O4/c1-4-6-12-33(5-2)13-14-34-26(37)29(3)17-22-21-16-20(39-27(30)31)10-11-23(21)32-24(22)25(35(29)28(34)38)18-8-7-9-19(36)15-18/h7-11,15-16,25,27,32,36H,4-6,12-14,17H2,1-3H3/t25-,29+/m1/s1. The van der Waals surface area contributed by atoms with Gasteiger partial charge in [-0.1, -0.05) is 32.4 Å². The van der Waals surface area contributed by atoms with E-state index in [1.54, 1.807) is 48.2 Å². The van der Waals surface area contributed by atoms with Crippen LogP contribution < -0.4 is 4.74 Å². The van der Waals surface area contributed by atoms with Gasteiger partial charge in [0.25, 0.3) is 5.91 Å². The van der Waals surface area contributed by atoms with Crippen LogP contribution in [0.15, 0.2) is 42.5 Å². The number of rotatable bonds is 10. The van der Waals surface area contributed by atoms with E-state index in [0.29, 0.717) is 28.7 Å². The van der Waals surface area contributed by atoms with E-state index in [-0.39, 0.29) is 36.4 Å². The number of carbonyl (C=O) groups is 2. The second-order valence-corrected chi connectivity index (χ2v) is 10.4. The number of urea groups is 1. The van der Waals surface area contributed by atoms with Crippen LogP contribution in [-0.4, -0.2) is 75.1 Å². The Balaban J connectivity index is 1.58. The normalized spacial score (nSPS) is 20.8. The van der Waals surface area contributed by atoms with Gasteiger partial charge in [-0.3, -0.25) is 14.6 Å². The number of likely N-dealkylation sites (N-methyl/N-ethyl adjacent to an activating group) is 1. The smallest absolute Gasteiger partial charge is 0.387 e. The van der Waals surface area contributed by atoms with Crippen LogP contribution in [0.5, 0.6) is 11.5 Å². The molecule has 1 fully saturated rings. The van der Waals surface area contributed by atoms with Gasteiger partial charge in [0.15, 0.2) is 0 Å². The monoisotopic (exact) mass is 540 g/mol. The third kappa shape index (κ3) is 4.71. The number of alkyl halides is 2. The highest BCUT2D eigenvalue weighted by molar-refractivity contribution is 6.08. The van der Waals surface area contributed by atoms with Crippen molar-refractivity contribution >= 4 is 22.8 Å². The number of nitrogens with one attached hydrogen (secondary N) is 1. The number of carbonyl (C=O) groups excluding carboxylic acids is 2. The van der Waals surface area contributed by atoms with Crippen LogP contribution in [0.4, 0.5) is 13.6 Å². The Morgan fingerprint density at radius 2 is 1.97 bits per heavy atom. The van der Waals surface area contributed by atoms with Gasteiger partial charge in [0, 0.05) is 36.1 Å². The van der Waals surface area contributed by atoms with Crippen molar-refractivity contribution in [3.8, 4) is 11.5 Å². The van der Waals surface area contributed by atoms with Gasteiger partial charge in [0.2, 0.25) is 0 Å². The molecule has 0 unspecified atom stereocenters. The number of H-pyrrole nitrogens is 1. The summed E-state index contributed by atoms with van der Waals surface area (Å²) in [6.07, 6.45) is 2.31. The van der Waals surface area contributed by atoms with Crippen LogP contribution in [0.25, 0.3) is 10.9 Å². The number of aromatic hydroxyl groups is 1. The number of aromatic amines is 1. The molecule has 1 saturated heterocycles. The fourth-order valence-electron chi connectivity index (χ4n) is 5.96. The van der Waals surface area contributed by atoms with E-state index < -0.39 is 18.2 Å². The van der Waals surface area contributed by atoms with Gasteiger partial charge in [0.05, 0.1) is 0 Å². The van der Waals surface area contributed by atoms with E-state index in [0.717, 1.165) is 31.5 Å². The summed E-state index contributed by atoms with van der Waals surface area (Å²) in [7, 11) is 0. The number of fused-ring (bicyclic) bond motifs is 4. The number of amides is 3. The molecule has 0 bridgehead atoms. The van der Waals surface area contributed by atoms with E-state index in [1.807, 2.05) is 0 Å². The van der Waals surface area contributed by atoms with Gasteiger partial charge in [0.1, 0.15) is 23.1 Å². The molecule has 5 rings (SSSR count). The second-order valence-electron chi connectivity index (χ2n) is 10.4. The summed E-state index contributed by atoms with van der Waals surface area (Å²) >= 11 is 0. The second kappa shape index (κ2) is 10.5. The SMILES string of the molecule is CCCCN(CC)CCN1C(=O)N2[C@H](c3cccc(O)c3)c3[nH]c4ccc(OC(F)F)cc4c3C[C@@]2(C)C1=O. The fraction of sp³-hybridized carbons (Fsp3) is 0.448. The van der Waals surface area contributed by atoms with Crippen LogP contribution in [0.2, 0.25) is 0 Å². The number of phenolic OH excluding ortho intramolecular Hbond substituents is 1. The molecule has 3 aromatic rings. The summed E-state index contributed by atoms with van der Waals surface area (Å²) in [5.41, 5.74) is 1.57. The molecule has 0 radical (unpaired) electrons. The number of nitrogens with zero attached hydrogens (tertiary/aromatic N) is 3. The first-order valence-corrected chi connectivity index (χ1v) is 13.4. The summed E-state index contributed by atoms with van der Waals surface area (Å²) in [6.45, 7) is 5.56. The van der Waals surface area contributed by atoms with Crippen molar-refractivity contribution in [2.45, 2.75) is 58.2 Å². The van der Waals surface area contributed by atoms with Gasteiger partial charge >= 0.3 is 12.6 Å². The quantitative estimate of drug-likeness (QED) is 0.342. The number of benzene rings is 2. The van der Waals surface area contributed by atoms with E-state index in [9.17, 15) is 23.5 Å². The minimum Gasteiger partial charge on any atom is -0.508 e.